The first kappa shape index (κ1) is 22.3. The minimum atomic E-state index is -0.459. The predicted octanol–water partition coefficient (Wildman–Crippen LogP) is 2.97. The van der Waals surface area contributed by atoms with Gasteiger partial charge in [0.15, 0.2) is 5.96 Å². The van der Waals surface area contributed by atoms with Crippen molar-refractivity contribution in [2.24, 2.45) is 4.99 Å². The molecular weight excluding hydrogens is 407 g/mol. The van der Waals surface area contributed by atoms with E-state index in [4.69, 9.17) is 4.74 Å². The van der Waals surface area contributed by atoms with Crippen molar-refractivity contribution in [3.8, 4) is 0 Å². The van der Waals surface area contributed by atoms with Crippen molar-refractivity contribution in [3.05, 3.63) is 0 Å². The molecule has 0 bridgehead atoms. The van der Waals surface area contributed by atoms with Gasteiger partial charge in [-0.05, 0) is 40.5 Å². The van der Waals surface area contributed by atoms with Crippen LogP contribution in [0.4, 0.5) is 4.79 Å². The molecule has 0 aromatic carbocycles. The highest BCUT2D eigenvalue weighted by molar-refractivity contribution is 14.0. The van der Waals surface area contributed by atoms with E-state index in [0.717, 1.165) is 51.4 Å². The van der Waals surface area contributed by atoms with Gasteiger partial charge in [0, 0.05) is 26.2 Å². The maximum absolute atomic E-state index is 11.8. The van der Waals surface area contributed by atoms with Crippen molar-refractivity contribution in [1.82, 2.24) is 15.5 Å². The van der Waals surface area contributed by atoms with Crippen LogP contribution in [0.1, 0.15) is 53.9 Å². The molecule has 0 saturated carbocycles. The van der Waals surface area contributed by atoms with Gasteiger partial charge >= 0.3 is 6.09 Å². The highest BCUT2D eigenvalue weighted by atomic mass is 127. The number of nitrogens with zero attached hydrogens (tertiary/aromatic N) is 2. The van der Waals surface area contributed by atoms with Crippen LogP contribution >= 0.6 is 24.0 Å². The summed E-state index contributed by atoms with van der Waals surface area (Å²) in [6, 6.07) is 0.116. The first-order chi connectivity index (χ1) is 10.4. The second-order valence-electron chi connectivity index (χ2n) is 6.67. The molecule has 136 valence electrons. The number of nitrogens with one attached hydrogen (secondary N) is 2. The molecule has 6 nitrogen and oxygen atoms in total. The van der Waals surface area contributed by atoms with Gasteiger partial charge in [0.05, 0.1) is 6.04 Å². The Labute approximate surface area is 157 Å². The van der Waals surface area contributed by atoms with Crippen molar-refractivity contribution >= 4 is 36.0 Å². The zero-order chi connectivity index (χ0) is 16.6. The Morgan fingerprint density at radius 2 is 2.04 bits per heavy atom. The van der Waals surface area contributed by atoms with Crippen molar-refractivity contribution in [3.63, 3.8) is 0 Å². The first-order valence-corrected chi connectivity index (χ1v) is 8.38. The van der Waals surface area contributed by atoms with Crippen LogP contribution in [0.25, 0.3) is 0 Å². The van der Waals surface area contributed by atoms with E-state index in [9.17, 15) is 4.79 Å². The molecule has 0 aliphatic carbocycles. The summed E-state index contributed by atoms with van der Waals surface area (Å²) in [7, 11) is 0. The number of rotatable bonds is 5. The van der Waals surface area contributed by atoms with Crippen LogP contribution in [0.15, 0.2) is 4.99 Å². The second kappa shape index (κ2) is 10.9. The second-order valence-corrected chi connectivity index (χ2v) is 6.67. The summed E-state index contributed by atoms with van der Waals surface area (Å²) in [5.41, 5.74) is -0.459. The third kappa shape index (κ3) is 9.22. The topological polar surface area (TPSA) is 66.0 Å². The lowest BCUT2D eigenvalue weighted by molar-refractivity contribution is 0.0507. The van der Waals surface area contributed by atoms with Crippen molar-refractivity contribution in [2.45, 2.75) is 65.5 Å². The number of hydrogen-bond acceptors (Lipinski definition) is 3. The summed E-state index contributed by atoms with van der Waals surface area (Å²) >= 11 is 0. The summed E-state index contributed by atoms with van der Waals surface area (Å²) < 4.78 is 5.31. The van der Waals surface area contributed by atoms with Crippen LogP contribution in [0, 0.1) is 0 Å². The number of hydrogen-bond donors (Lipinski definition) is 2. The molecule has 1 atom stereocenters. The van der Waals surface area contributed by atoms with Gasteiger partial charge in [-0.1, -0.05) is 13.3 Å². The van der Waals surface area contributed by atoms with Crippen molar-refractivity contribution < 1.29 is 9.53 Å². The lowest BCUT2D eigenvalue weighted by atomic mass is 10.2. The summed E-state index contributed by atoms with van der Waals surface area (Å²) in [4.78, 5) is 18.7. The molecule has 2 N–H and O–H groups in total. The Morgan fingerprint density at radius 1 is 1.35 bits per heavy atom. The molecule has 1 aliphatic rings. The predicted molar refractivity (Wildman–Crippen MR) is 106 cm³/mol. The number of likely N-dealkylation sites (tertiary alicyclic amines) is 1. The lowest BCUT2D eigenvalue weighted by Gasteiger charge is -2.23. The molecule has 1 heterocycles. The van der Waals surface area contributed by atoms with Crippen LogP contribution in [0.3, 0.4) is 0 Å². The van der Waals surface area contributed by atoms with E-state index >= 15 is 0 Å². The summed E-state index contributed by atoms with van der Waals surface area (Å²) in [6.45, 7) is 13.2. The van der Waals surface area contributed by atoms with Gasteiger partial charge < -0.3 is 20.3 Å². The molecule has 1 fully saturated rings. The molecule has 7 heteroatoms. The molecule has 1 unspecified atom stereocenters. The summed E-state index contributed by atoms with van der Waals surface area (Å²) in [6.07, 6.45) is 2.82. The Bertz CT molecular complexity index is 383. The minimum Gasteiger partial charge on any atom is -0.444 e. The number of alkyl carbamates (subject to hydrolysis) is 1. The van der Waals surface area contributed by atoms with Crippen molar-refractivity contribution in [1.29, 1.82) is 0 Å². The fraction of sp³-hybridized carbons (Fsp3) is 0.875. The van der Waals surface area contributed by atoms with Crippen LogP contribution < -0.4 is 10.6 Å². The number of ether oxygens (including phenoxy) is 1. The lowest BCUT2D eigenvalue weighted by Crippen LogP contribution is -2.44. The summed E-state index contributed by atoms with van der Waals surface area (Å²) in [5, 5.41) is 6.27. The van der Waals surface area contributed by atoms with Gasteiger partial charge in [0.2, 0.25) is 0 Å². The monoisotopic (exact) mass is 440 g/mol. The molecule has 0 radical (unpaired) electrons. The SMILES string of the molecule is CCCCN=C(NCC)N1CCC(NC(=O)OC(C)(C)C)C1.I. The molecular formula is C16H33IN4O2. The molecule has 1 saturated heterocycles. The molecule has 0 spiro atoms. The standard InChI is InChI=1S/C16H32N4O2.HI/c1-6-8-10-18-14(17-7-2)20-11-9-13(12-20)19-15(21)22-16(3,4)5;/h13H,6-12H2,1-5H3,(H,17,18)(H,19,21);1H. The Morgan fingerprint density at radius 3 is 2.61 bits per heavy atom. The van der Waals surface area contributed by atoms with Gasteiger partial charge in [-0.25, -0.2) is 4.79 Å². The highest BCUT2D eigenvalue weighted by Gasteiger charge is 2.27. The van der Waals surface area contributed by atoms with Crippen LogP contribution in [0.2, 0.25) is 0 Å². The number of guanidine groups is 1. The number of carbonyl (C=O) groups excluding carboxylic acids is 1. The Balaban J connectivity index is 0.00000484. The maximum atomic E-state index is 11.8. The maximum Gasteiger partial charge on any atom is 0.407 e. The third-order valence-electron chi connectivity index (χ3n) is 3.32. The van der Waals surface area contributed by atoms with Gasteiger partial charge in [0.25, 0.3) is 0 Å². The molecule has 1 amide bonds. The average molecular weight is 440 g/mol. The number of carbonyl (C=O) groups is 1. The Hall–Kier alpha value is -0.730. The molecule has 1 aliphatic heterocycles. The highest BCUT2D eigenvalue weighted by Crippen LogP contribution is 2.12. The van der Waals surface area contributed by atoms with E-state index in [2.05, 4.69) is 34.4 Å². The van der Waals surface area contributed by atoms with Crippen LogP contribution in [0.5, 0.6) is 0 Å². The van der Waals surface area contributed by atoms with Gasteiger partial charge in [-0.15, -0.1) is 24.0 Å². The smallest absolute Gasteiger partial charge is 0.407 e. The largest absolute Gasteiger partial charge is 0.444 e. The number of aliphatic imine (C=N–C) groups is 1. The van der Waals surface area contributed by atoms with E-state index in [-0.39, 0.29) is 36.1 Å². The van der Waals surface area contributed by atoms with Gasteiger partial charge in [-0.2, -0.15) is 0 Å². The fourth-order valence-corrected chi connectivity index (χ4v) is 2.31. The number of amides is 1. The fourth-order valence-electron chi connectivity index (χ4n) is 2.31. The molecule has 0 aromatic rings. The first-order valence-electron chi connectivity index (χ1n) is 8.38. The van der Waals surface area contributed by atoms with E-state index in [0.29, 0.717) is 0 Å². The summed E-state index contributed by atoms with van der Waals surface area (Å²) in [5.74, 6) is 0.949. The van der Waals surface area contributed by atoms with Gasteiger partial charge in [0.1, 0.15) is 5.60 Å². The zero-order valence-corrected chi connectivity index (χ0v) is 17.5. The van der Waals surface area contributed by atoms with Crippen LogP contribution in [-0.2, 0) is 4.74 Å². The normalized spacial score (nSPS) is 18.4. The number of unbranched alkanes of at least 4 members (excludes halogenated alkanes) is 1. The van der Waals surface area contributed by atoms with E-state index in [1.165, 1.54) is 0 Å². The third-order valence-corrected chi connectivity index (χ3v) is 3.32. The zero-order valence-electron chi connectivity index (χ0n) is 15.1. The van der Waals surface area contributed by atoms with E-state index in [1.807, 2.05) is 20.8 Å². The van der Waals surface area contributed by atoms with E-state index in [1.54, 1.807) is 0 Å². The average Bonchev–Trinajstić information content (AvgIpc) is 2.84. The molecule has 1 rings (SSSR count). The van der Waals surface area contributed by atoms with Crippen molar-refractivity contribution in [2.75, 3.05) is 26.2 Å². The minimum absolute atomic E-state index is 0. The molecule has 23 heavy (non-hydrogen) atoms. The Kier molecular flexibility index (Phi) is 10.6. The van der Waals surface area contributed by atoms with Gasteiger partial charge in [-0.3, -0.25) is 4.99 Å². The van der Waals surface area contributed by atoms with Crippen LogP contribution in [-0.4, -0.2) is 54.8 Å². The quantitative estimate of drug-likeness (QED) is 0.299. The molecule has 0 aromatic heterocycles. The van der Waals surface area contributed by atoms with E-state index < -0.39 is 5.60 Å². The number of halogens is 1.